The van der Waals surface area contributed by atoms with Crippen LogP contribution in [-0.2, 0) is 0 Å². The molecule has 6 nitrogen and oxygen atoms in total. The fraction of sp³-hybridized carbons (Fsp3) is 0.238. The standard InChI is InChI=1S/C21H24N4O2/c1-4-26-19-8-6-5-7-18(19)25-21-13-20(22-14-23-21)24-16-9-11-17(12-10-16)27-15(2)3/h5-15H,4H2,1-3H3,(H2,22,23,24,25). The number of anilines is 4. The Bertz CT molecular complexity index is 866. The summed E-state index contributed by atoms with van der Waals surface area (Å²) in [6.07, 6.45) is 1.67. The Labute approximate surface area is 159 Å². The van der Waals surface area contributed by atoms with Crippen molar-refractivity contribution in [3.05, 3.63) is 60.9 Å². The van der Waals surface area contributed by atoms with Gasteiger partial charge in [-0.25, -0.2) is 9.97 Å². The molecule has 0 radical (unpaired) electrons. The molecule has 1 aromatic heterocycles. The van der Waals surface area contributed by atoms with Gasteiger partial charge in [-0.3, -0.25) is 0 Å². The van der Waals surface area contributed by atoms with Crippen LogP contribution in [0.2, 0.25) is 0 Å². The Morgan fingerprint density at radius 3 is 2.33 bits per heavy atom. The predicted octanol–water partition coefficient (Wildman–Crippen LogP) is 5.15. The van der Waals surface area contributed by atoms with Gasteiger partial charge in [-0.15, -0.1) is 0 Å². The third-order valence-electron chi connectivity index (χ3n) is 3.62. The van der Waals surface area contributed by atoms with Crippen molar-refractivity contribution in [3.8, 4) is 11.5 Å². The van der Waals surface area contributed by atoms with Crippen molar-refractivity contribution in [2.24, 2.45) is 0 Å². The summed E-state index contributed by atoms with van der Waals surface area (Å²) in [6, 6.07) is 17.4. The molecule has 0 unspecified atom stereocenters. The highest BCUT2D eigenvalue weighted by atomic mass is 16.5. The van der Waals surface area contributed by atoms with E-state index in [1.165, 1.54) is 6.33 Å². The van der Waals surface area contributed by atoms with Gasteiger partial charge < -0.3 is 20.1 Å². The lowest BCUT2D eigenvalue weighted by Crippen LogP contribution is -2.05. The second-order valence-electron chi connectivity index (χ2n) is 6.16. The first-order valence-corrected chi connectivity index (χ1v) is 8.98. The average Bonchev–Trinajstić information content (AvgIpc) is 2.65. The molecular weight excluding hydrogens is 340 g/mol. The zero-order valence-electron chi connectivity index (χ0n) is 15.8. The Balaban J connectivity index is 1.70. The summed E-state index contributed by atoms with van der Waals surface area (Å²) in [5, 5.41) is 6.55. The summed E-state index contributed by atoms with van der Waals surface area (Å²) >= 11 is 0. The molecule has 0 fully saturated rings. The van der Waals surface area contributed by atoms with Crippen LogP contribution in [-0.4, -0.2) is 22.7 Å². The van der Waals surface area contributed by atoms with E-state index in [0.717, 1.165) is 22.9 Å². The predicted molar refractivity (Wildman–Crippen MR) is 108 cm³/mol. The number of hydrogen-bond donors (Lipinski definition) is 2. The highest BCUT2D eigenvalue weighted by molar-refractivity contribution is 5.67. The molecule has 1 heterocycles. The van der Waals surface area contributed by atoms with Crippen LogP contribution in [0, 0.1) is 0 Å². The van der Waals surface area contributed by atoms with Crippen molar-refractivity contribution < 1.29 is 9.47 Å². The van der Waals surface area contributed by atoms with Gasteiger partial charge in [0.25, 0.3) is 0 Å². The Morgan fingerprint density at radius 1 is 0.926 bits per heavy atom. The summed E-state index contributed by atoms with van der Waals surface area (Å²) in [4.78, 5) is 8.57. The number of nitrogens with one attached hydrogen (secondary N) is 2. The number of hydrogen-bond acceptors (Lipinski definition) is 6. The van der Waals surface area contributed by atoms with Crippen LogP contribution in [0.1, 0.15) is 20.8 Å². The molecule has 3 rings (SSSR count). The Hall–Kier alpha value is -3.28. The van der Waals surface area contributed by atoms with Crippen LogP contribution in [0.25, 0.3) is 0 Å². The van der Waals surface area contributed by atoms with Gasteiger partial charge >= 0.3 is 0 Å². The quantitative estimate of drug-likeness (QED) is 0.576. The summed E-state index contributed by atoms with van der Waals surface area (Å²) in [6.45, 7) is 6.57. The fourth-order valence-electron chi connectivity index (χ4n) is 2.52. The topological polar surface area (TPSA) is 68.3 Å². The van der Waals surface area contributed by atoms with Gasteiger partial charge in [0.1, 0.15) is 29.5 Å². The second kappa shape index (κ2) is 8.89. The van der Waals surface area contributed by atoms with Crippen LogP contribution in [0.4, 0.5) is 23.0 Å². The molecule has 0 saturated heterocycles. The van der Waals surface area contributed by atoms with Gasteiger partial charge in [0.05, 0.1) is 18.4 Å². The number of rotatable bonds is 8. The number of aromatic nitrogens is 2. The monoisotopic (exact) mass is 364 g/mol. The molecule has 2 aromatic carbocycles. The number of nitrogens with zero attached hydrogens (tertiary/aromatic N) is 2. The van der Waals surface area contributed by atoms with E-state index in [1.807, 2.05) is 75.4 Å². The zero-order chi connectivity index (χ0) is 19.1. The first-order valence-electron chi connectivity index (χ1n) is 8.98. The molecule has 0 atom stereocenters. The van der Waals surface area contributed by atoms with Gasteiger partial charge in [0.15, 0.2) is 0 Å². The normalized spacial score (nSPS) is 10.5. The van der Waals surface area contributed by atoms with Crippen LogP contribution in [0.5, 0.6) is 11.5 Å². The second-order valence-corrected chi connectivity index (χ2v) is 6.16. The molecule has 27 heavy (non-hydrogen) atoms. The maximum absolute atomic E-state index is 5.66. The minimum absolute atomic E-state index is 0.152. The van der Waals surface area contributed by atoms with Gasteiger partial charge in [-0.05, 0) is 57.2 Å². The lowest BCUT2D eigenvalue weighted by atomic mass is 10.3. The molecule has 2 N–H and O–H groups in total. The lowest BCUT2D eigenvalue weighted by Gasteiger charge is -2.13. The fourth-order valence-corrected chi connectivity index (χ4v) is 2.52. The van der Waals surface area contributed by atoms with Gasteiger partial charge in [0.2, 0.25) is 0 Å². The van der Waals surface area contributed by atoms with E-state index in [4.69, 9.17) is 9.47 Å². The highest BCUT2D eigenvalue weighted by Crippen LogP contribution is 2.27. The van der Waals surface area contributed by atoms with Crippen molar-refractivity contribution in [2.45, 2.75) is 26.9 Å². The van der Waals surface area contributed by atoms with E-state index >= 15 is 0 Å². The van der Waals surface area contributed by atoms with Crippen molar-refractivity contribution in [3.63, 3.8) is 0 Å². The molecule has 0 bridgehead atoms. The average molecular weight is 364 g/mol. The number of benzene rings is 2. The molecule has 0 saturated carbocycles. The highest BCUT2D eigenvalue weighted by Gasteiger charge is 2.05. The van der Waals surface area contributed by atoms with E-state index in [1.54, 1.807) is 0 Å². The first kappa shape index (κ1) is 18.5. The van der Waals surface area contributed by atoms with Crippen molar-refractivity contribution in [1.29, 1.82) is 0 Å². The molecule has 0 aliphatic heterocycles. The third-order valence-corrected chi connectivity index (χ3v) is 3.62. The largest absolute Gasteiger partial charge is 0.492 e. The summed E-state index contributed by atoms with van der Waals surface area (Å²) in [7, 11) is 0. The van der Waals surface area contributed by atoms with Crippen molar-refractivity contribution >= 4 is 23.0 Å². The van der Waals surface area contributed by atoms with E-state index in [9.17, 15) is 0 Å². The molecule has 3 aromatic rings. The molecule has 6 heteroatoms. The minimum atomic E-state index is 0.152. The van der Waals surface area contributed by atoms with E-state index in [0.29, 0.717) is 18.2 Å². The van der Waals surface area contributed by atoms with E-state index < -0.39 is 0 Å². The molecule has 140 valence electrons. The van der Waals surface area contributed by atoms with Gasteiger partial charge in [-0.2, -0.15) is 0 Å². The summed E-state index contributed by atoms with van der Waals surface area (Å²) in [5.41, 5.74) is 1.78. The Kier molecular flexibility index (Phi) is 6.10. The van der Waals surface area contributed by atoms with Crippen LogP contribution in [0.15, 0.2) is 60.9 Å². The number of ether oxygens (including phenoxy) is 2. The maximum atomic E-state index is 5.66. The third kappa shape index (κ3) is 5.34. The summed E-state index contributed by atoms with van der Waals surface area (Å²) in [5.74, 6) is 3.00. The minimum Gasteiger partial charge on any atom is -0.492 e. The molecular formula is C21H24N4O2. The first-order chi connectivity index (χ1) is 13.1. The van der Waals surface area contributed by atoms with Gasteiger partial charge in [0, 0.05) is 11.8 Å². The van der Waals surface area contributed by atoms with Crippen LogP contribution < -0.4 is 20.1 Å². The maximum Gasteiger partial charge on any atom is 0.142 e. The number of para-hydroxylation sites is 2. The van der Waals surface area contributed by atoms with Gasteiger partial charge in [-0.1, -0.05) is 12.1 Å². The molecule has 0 spiro atoms. The zero-order valence-corrected chi connectivity index (χ0v) is 15.8. The molecule has 0 amide bonds. The smallest absolute Gasteiger partial charge is 0.142 e. The molecule has 0 aliphatic rings. The van der Waals surface area contributed by atoms with Crippen molar-refractivity contribution in [2.75, 3.05) is 17.2 Å². The summed E-state index contributed by atoms with van der Waals surface area (Å²) < 4.78 is 11.3. The SMILES string of the molecule is CCOc1ccccc1Nc1cc(Nc2ccc(OC(C)C)cc2)ncn1. The van der Waals surface area contributed by atoms with E-state index in [-0.39, 0.29) is 6.10 Å². The lowest BCUT2D eigenvalue weighted by molar-refractivity contribution is 0.242. The Morgan fingerprint density at radius 2 is 1.63 bits per heavy atom. The van der Waals surface area contributed by atoms with Crippen LogP contribution >= 0.6 is 0 Å². The van der Waals surface area contributed by atoms with E-state index in [2.05, 4.69) is 20.6 Å². The van der Waals surface area contributed by atoms with Crippen molar-refractivity contribution in [1.82, 2.24) is 9.97 Å². The van der Waals surface area contributed by atoms with Crippen LogP contribution in [0.3, 0.4) is 0 Å². The molecule has 0 aliphatic carbocycles.